The van der Waals surface area contributed by atoms with E-state index in [0.29, 0.717) is 23.6 Å². The highest BCUT2D eigenvalue weighted by molar-refractivity contribution is 5.91. The molecule has 1 aromatic heterocycles. The van der Waals surface area contributed by atoms with Crippen molar-refractivity contribution in [2.45, 2.75) is 6.92 Å². The van der Waals surface area contributed by atoms with Gasteiger partial charge in [-0.25, -0.2) is 4.98 Å². The van der Waals surface area contributed by atoms with Gasteiger partial charge in [-0.1, -0.05) is 18.2 Å². The average Bonchev–Trinajstić information content (AvgIpc) is 2.98. The number of hydrogen-bond donors (Lipinski definition) is 0. The molecule has 0 N–H and O–H groups in total. The third-order valence-corrected chi connectivity index (χ3v) is 3.94. The number of nitro groups is 1. The standard InChI is InChI=1S/C19H16N4O3/c1-3-26-18-9-8-13(11-17(18)23(24)25)10-14(12-20)19-21-15-6-4-5-7-16(15)22(19)2/h4-11H,3H2,1-2H3/b14-10-. The van der Waals surface area contributed by atoms with E-state index in [9.17, 15) is 15.4 Å². The minimum absolute atomic E-state index is 0.136. The third kappa shape index (κ3) is 3.13. The number of aromatic nitrogens is 2. The monoisotopic (exact) mass is 348 g/mol. The van der Waals surface area contributed by atoms with E-state index in [0.717, 1.165) is 11.0 Å². The topological polar surface area (TPSA) is 94.0 Å². The normalized spacial score (nSPS) is 11.3. The van der Waals surface area contributed by atoms with Gasteiger partial charge in [0.2, 0.25) is 0 Å². The van der Waals surface area contributed by atoms with Gasteiger partial charge in [-0.2, -0.15) is 5.26 Å². The van der Waals surface area contributed by atoms with Gasteiger partial charge < -0.3 is 9.30 Å². The number of nitro benzene ring substituents is 1. The quantitative estimate of drug-likeness (QED) is 0.395. The molecule has 0 spiro atoms. The largest absolute Gasteiger partial charge is 0.487 e. The summed E-state index contributed by atoms with van der Waals surface area (Å²) in [5.41, 5.74) is 2.40. The van der Waals surface area contributed by atoms with Crippen LogP contribution in [0.1, 0.15) is 18.3 Å². The maximum Gasteiger partial charge on any atom is 0.311 e. The van der Waals surface area contributed by atoms with Crippen LogP contribution < -0.4 is 4.74 Å². The number of para-hydroxylation sites is 2. The molecule has 0 saturated heterocycles. The lowest BCUT2D eigenvalue weighted by atomic mass is 10.1. The minimum atomic E-state index is -0.497. The molecule has 2 aromatic carbocycles. The number of imidazole rings is 1. The number of nitrogens with zero attached hydrogens (tertiary/aromatic N) is 4. The number of aryl methyl sites for hydroxylation is 1. The van der Waals surface area contributed by atoms with Gasteiger partial charge in [0, 0.05) is 13.1 Å². The highest BCUT2D eigenvalue weighted by Crippen LogP contribution is 2.30. The Hall–Kier alpha value is -3.66. The molecule has 1 heterocycles. The van der Waals surface area contributed by atoms with Crippen molar-refractivity contribution in [2.75, 3.05) is 6.61 Å². The zero-order valence-corrected chi connectivity index (χ0v) is 14.3. The Balaban J connectivity index is 2.09. The Kier molecular flexibility index (Phi) is 4.67. The molecule has 3 aromatic rings. The molecule has 0 fully saturated rings. The number of hydrogen-bond acceptors (Lipinski definition) is 5. The molecule has 3 rings (SSSR count). The number of rotatable bonds is 5. The van der Waals surface area contributed by atoms with Gasteiger partial charge in [0.25, 0.3) is 0 Å². The first-order valence-electron chi connectivity index (χ1n) is 8.00. The molecule has 130 valence electrons. The Morgan fingerprint density at radius 1 is 1.38 bits per heavy atom. The maximum atomic E-state index is 11.3. The van der Waals surface area contributed by atoms with E-state index in [1.54, 1.807) is 19.1 Å². The predicted molar refractivity (Wildman–Crippen MR) is 98.5 cm³/mol. The van der Waals surface area contributed by atoms with Crippen molar-refractivity contribution >= 4 is 28.4 Å². The summed E-state index contributed by atoms with van der Waals surface area (Å²) >= 11 is 0. The molecule has 26 heavy (non-hydrogen) atoms. The van der Waals surface area contributed by atoms with E-state index >= 15 is 0 Å². The molecule has 0 saturated carbocycles. The van der Waals surface area contributed by atoms with Crippen molar-refractivity contribution in [3.8, 4) is 11.8 Å². The van der Waals surface area contributed by atoms with Crippen molar-refractivity contribution in [1.29, 1.82) is 5.26 Å². The summed E-state index contributed by atoms with van der Waals surface area (Å²) in [6.45, 7) is 2.09. The first kappa shape index (κ1) is 17.2. The van der Waals surface area contributed by atoms with Crippen LogP contribution in [0.15, 0.2) is 42.5 Å². The van der Waals surface area contributed by atoms with E-state index in [-0.39, 0.29) is 11.4 Å². The minimum Gasteiger partial charge on any atom is -0.487 e. The fourth-order valence-corrected chi connectivity index (χ4v) is 2.74. The number of allylic oxidation sites excluding steroid dienone is 1. The van der Waals surface area contributed by atoms with Crippen LogP contribution >= 0.6 is 0 Å². The summed E-state index contributed by atoms with van der Waals surface area (Å²) in [6.07, 6.45) is 1.59. The predicted octanol–water partition coefficient (Wildman–Crippen LogP) is 3.94. The van der Waals surface area contributed by atoms with Crippen LogP contribution in [0.3, 0.4) is 0 Å². The molecule has 0 amide bonds. The number of benzene rings is 2. The van der Waals surface area contributed by atoms with Crippen LogP contribution in [0.25, 0.3) is 22.7 Å². The van der Waals surface area contributed by atoms with Crippen LogP contribution in [0, 0.1) is 21.4 Å². The van der Waals surface area contributed by atoms with Crippen LogP contribution in [-0.2, 0) is 7.05 Å². The number of nitriles is 1. The lowest BCUT2D eigenvalue weighted by Crippen LogP contribution is -1.98. The highest BCUT2D eigenvalue weighted by Gasteiger charge is 2.17. The van der Waals surface area contributed by atoms with Crippen LogP contribution in [0.4, 0.5) is 5.69 Å². The van der Waals surface area contributed by atoms with Crippen molar-refractivity contribution in [3.05, 3.63) is 64.0 Å². The zero-order valence-electron chi connectivity index (χ0n) is 14.3. The van der Waals surface area contributed by atoms with E-state index in [2.05, 4.69) is 11.1 Å². The van der Waals surface area contributed by atoms with Crippen molar-refractivity contribution in [1.82, 2.24) is 9.55 Å². The summed E-state index contributed by atoms with van der Waals surface area (Å²) < 4.78 is 7.11. The fourth-order valence-electron chi connectivity index (χ4n) is 2.74. The molecule has 0 unspecified atom stereocenters. The summed E-state index contributed by atoms with van der Waals surface area (Å²) in [7, 11) is 1.83. The Bertz CT molecular complexity index is 1060. The van der Waals surface area contributed by atoms with E-state index in [1.807, 2.05) is 35.9 Å². The summed E-state index contributed by atoms with van der Waals surface area (Å²) in [5, 5.41) is 20.8. The van der Waals surface area contributed by atoms with Crippen molar-refractivity contribution in [3.63, 3.8) is 0 Å². The molecule has 0 bridgehead atoms. The summed E-state index contributed by atoms with van der Waals surface area (Å²) in [4.78, 5) is 15.3. The average molecular weight is 348 g/mol. The Morgan fingerprint density at radius 3 is 2.81 bits per heavy atom. The molecular formula is C19H16N4O3. The molecule has 0 aliphatic heterocycles. The fraction of sp³-hybridized carbons (Fsp3) is 0.158. The van der Waals surface area contributed by atoms with E-state index < -0.39 is 4.92 Å². The lowest BCUT2D eigenvalue weighted by Gasteiger charge is -2.05. The first-order valence-corrected chi connectivity index (χ1v) is 8.00. The van der Waals surface area contributed by atoms with Crippen LogP contribution in [-0.4, -0.2) is 21.1 Å². The number of fused-ring (bicyclic) bond motifs is 1. The lowest BCUT2D eigenvalue weighted by molar-refractivity contribution is -0.385. The van der Waals surface area contributed by atoms with Gasteiger partial charge in [0.1, 0.15) is 6.07 Å². The van der Waals surface area contributed by atoms with Gasteiger partial charge in [-0.05, 0) is 36.8 Å². The van der Waals surface area contributed by atoms with Crippen LogP contribution in [0.5, 0.6) is 5.75 Å². The smallest absolute Gasteiger partial charge is 0.311 e. The van der Waals surface area contributed by atoms with E-state index in [1.165, 1.54) is 12.1 Å². The molecule has 7 heteroatoms. The van der Waals surface area contributed by atoms with Crippen molar-refractivity contribution in [2.24, 2.45) is 7.05 Å². The second kappa shape index (κ2) is 7.07. The Morgan fingerprint density at radius 2 is 2.15 bits per heavy atom. The van der Waals surface area contributed by atoms with Gasteiger partial charge in [0.15, 0.2) is 11.6 Å². The second-order valence-corrected chi connectivity index (χ2v) is 5.57. The summed E-state index contributed by atoms with van der Waals surface area (Å²) in [6, 6.07) is 14.3. The molecule has 0 aliphatic rings. The molecule has 0 atom stereocenters. The zero-order chi connectivity index (χ0) is 18.7. The maximum absolute atomic E-state index is 11.3. The molecule has 0 radical (unpaired) electrons. The van der Waals surface area contributed by atoms with E-state index in [4.69, 9.17) is 4.74 Å². The molecular weight excluding hydrogens is 332 g/mol. The second-order valence-electron chi connectivity index (χ2n) is 5.57. The third-order valence-electron chi connectivity index (χ3n) is 3.94. The highest BCUT2D eigenvalue weighted by atomic mass is 16.6. The first-order chi connectivity index (χ1) is 12.5. The number of ether oxygens (including phenoxy) is 1. The summed E-state index contributed by atoms with van der Waals surface area (Å²) in [5.74, 6) is 0.709. The van der Waals surface area contributed by atoms with Crippen molar-refractivity contribution < 1.29 is 9.66 Å². The van der Waals surface area contributed by atoms with Crippen LogP contribution in [0.2, 0.25) is 0 Å². The van der Waals surface area contributed by atoms with Gasteiger partial charge in [-0.3, -0.25) is 10.1 Å². The molecule has 7 nitrogen and oxygen atoms in total. The van der Waals surface area contributed by atoms with Gasteiger partial charge in [0.05, 0.1) is 28.1 Å². The van der Waals surface area contributed by atoms with Gasteiger partial charge in [-0.15, -0.1) is 0 Å². The van der Waals surface area contributed by atoms with Gasteiger partial charge >= 0.3 is 5.69 Å². The Labute approximate surface area is 149 Å². The SMILES string of the molecule is CCOc1ccc(/C=C(/C#N)c2nc3ccccc3n2C)cc1[N+](=O)[O-]. The molecule has 0 aliphatic carbocycles.